The molecule has 1 aliphatic carbocycles. The Labute approximate surface area is 376 Å². The Morgan fingerprint density at radius 2 is 1.29 bits per heavy atom. The molecule has 15 heteroatoms. The van der Waals surface area contributed by atoms with Gasteiger partial charge in [-0.25, -0.2) is 0 Å². The molecule has 1 aromatic rings. The van der Waals surface area contributed by atoms with Gasteiger partial charge in [-0.1, -0.05) is 79.4 Å². The summed E-state index contributed by atoms with van der Waals surface area (Å²) in [6, 6.07) is 3.73. The summed E-state index contributed by atoms with van der Waals surface area (Å²) in [5, 5.41) is 12.0. The van der Waals surface area contributed by atoms with Gasteiger partial charge in [0.2, 0.25) is 35.4 Å². The smallest absolute Gasteiger partial charge is 0.251 e. The largest absolute Gasteiger partial charge is 0.353 e. The number of likely N-dealkylation sites (N-methyl/N-ethyl adjacent to an activating group) is 2. The molecule has 1 saturated carbocycles. The van der Waals surface area contributed by atoms with Crippen molar-refractivity contribution >= 4 is 41.4 Å². The number of hydrogen-bond acceptors (Lipinski definition) is 8. The van der Waals surface area contributed by atoms with Gasteiger partial charge in [-0.05, 0) is 101 Å². The second-order valence-corrected chi connectivity index (χ2v) is 19.3. The highest BCUT2D eigenvalue weighted by Crippen LogP contribution is 2.28. The zero-order valence-corrected chi connectivity index (χ0v) is 39.7. The van der Waals surface area contributed by atoms with Crippen molar-refractivity contribution in [3.05, 3.63) is 35.4 Å². The Bertz CT molecular complexity index is 1700. The van der Waals surface area contributed by atoms with Gasteiger partial charge in [0.05, 0.1) is 6.04 Å². The summed E-state index contributed by atoms with van der Waals surface area (Å²) in [6.45, 7) is 12.8. The van der Waals surface area contributed by atoms with E-state index in [1.165, 1.54) is 30.6 Å². The van der Waals surface area contributed by atoms with Gasteiger partial charge in [-0.15, -0.1) is 0 Å². The summed E-state index contributed by atoms with van der Waals surface area (Å²) in [6.07, 6.45) is 11.1. The molecule has 0 aromatic heterocycles. The van der Waals surface area contributed by atoms with Crippen LogP contribution in [0.2, 0.25) is 0 Å². The number of carbonyl (C=O) groups is 7. The second kappa shape index (κ2) is 24.5. The molecule has 5 atom stereocenters. The molecular weight excluding hydrogens is 801 g/mol. The minimum Gasteiger partial charge on any atom is -0.353 e. The first-order chi connectivity index (χ1) is 29.9. The van der Waals surface area contributed by atoms with Crippen LogP contribution in [-0.4, -0.2) is 138 Å². The van der Waals surface area contributed by atoms with E-state index in [0.717, 1.165) is 18.4 Å². The van der Waals surface area contributed by atoms with E-state index in [4.69, 9.17) is 0 Å². The predicted octanol–water partition coefficient (Wildman–Crippen LogP) is 4.23. The van der Waals surface area contributed by atoms with Gasteiger partial charge in [0.15, 0.2) is 0 Å². The lowest BCUT2D eigenvalue weighted by atomic mass is 9.96. The Balaban J connectivity index is 1.28. The molecule has 2 heterocycles. The van der Waals surface area contributed by atoms with Gasteiger partial charge in [0, 0.05) is 51.3 Å². The first-order valence-corrected chi connectivity index (χ1v) is 23.7. The molecule has 2 saturated heterocycles. The zero-order valence-electron chi connectivity index (χ0n) is 39.7. The van der Waals surface area contributed by atoms with Crippen molar-refractivity contribution in [2.45, 2.75) is 168 Å². The van der Waals surface area contributed by atoms with Gasteiger partial charge >= 0.3 is 0 Å². The number of benzene rings is 1. The molecular formula is C48H78N8O7. The van der Waals surface area contributed by atoms with Crippen LogP contribution in [0.3, 0.4) is 0 Å². The minimum atomic E-state index is -0.867. The Hall–Kier alpha value is -4.53. The van der Waals surface area contributed by atoms with Crippen LogP contribution >= 0.6 is 0 Å². The molecule has 1 aromatic carbocycles. The fraction of sp³-hybridized carbons (Fsp3) is 0.729. The van der Waals surface area contributed by atoms with Crippen molar-refractivity contribution in [3.8, 4) is 0 Å². The highest BCUT2D eigenvalue weighted by molar-refractivity contribution is 5.97. The molecule has 0 spiro atoms. The summed E-state index contributed by atoms with van der Waals surface area (Å²) in [7, 11) is 5.26. The Morgan fingerprint density at radius 1 is 0.683 bits per heavy atom. The third-order valence-electron chi connectivity index (χ3n) is 13.0. The summed E-state index contributed by atoms with van der Waals surface area (Å²) in [4.78, 5) is 101. The van der Waals surface area contributed by atoms with Crippen molar-refractivity contribution in [1.29, 1.82) is 0 Å². The van der Waals surface area contributed by atoms with Crippen LogP contribution in [0.4, 0.5) is 0 Å². The van der Waals surface area contributed by atoms with E-state index in [9.17, 15) is 33.6 Å². The number of amides is 7. The van der Waals surface area contributed by atoms with E-state index >= 15 is 0 Å². The molecule has 0 bridgehead atoms. The van der Waals surface area contributed by atoms with Crippen molar-refractivity contribution in [2.24, 2.45) is 17.8 Å². The molecule has 352 valence electrons. The van der Waals surface area contributed by atoms with Crippen LogP contribution in [0, 0.1) is 17.8 Å². The standard InChI is InChI=1S/C48H78N8O7/c1-31(2)40(52-45(60)41(32(3)4)53(7)8)47(62)54(9)42(33(5)6)48(63)56-29-17-21-38(56)46(61)55-28-16-20-37(55)44(59)50-30-34-23-25-35(26-24-34)43(58)49-27-15-14-22-39(57)51-36-18-12-10-11-13-19-36/h23-26,31-33,36-38,40-42H,10-22,27-30H2,1-9H3,(H,49,58)(H,50,59)(H,51,57)(H,52,60). The maximum Gasteiger partial charge on any atom is 0.251 e. The van der Waals surface area contributed by atoms with Crippen LogP contribution in [0.15, 0.2) is 24.3 Å². The van der Waals surface area contributed by atoms with Crippen molar-refractivity contribution in [3.63, 3.8) is 0 Å². The lowest BCUT2D eigenvalue weighted by Gasteiger charge is -2.38. The van der Waals surface area contributed by atoms with Crippen LogP contribution in [0.5, 0.6) is 0 Å². The molecule has 4 rings (SSSR count). The van der Waals surface area contributed by atoms with Crippen LogP contribution in [-0.2, 0) is 35.3 Å². The summed E-state index contributed by atoms with van der Waals surface area (Å²) in [5.41, 5.74) is 1.30. The van der Waals surface area contributed by atoms with Gasteiger partial charge < -0.3 is 36.0 Å². The van der Waals surface area contributed by atoms with Gasteiger partial charge in [-0.2, -0.15) is 0 Å². The Morgan fingerprint density at radius 3 is 1.87 bits per heavy atom. The maximum atomic E-state index is 14.4. The fourth-order valence-electron chi connectivity index (χ4n) is 9.61. The average Bonchev–Trinajstić information content (AvgIpc) is 3.87. The predicted molar refractivity (Wildman–Crippen MR) is 244 cm³/mol. The number of carbonyl (C=O) groups excluding carboxylic acids is 7. The van der Waals surface area contributed by atoms with Crippen molar-refractivity contribution in [1.82, 2.24) is 40.9 Å². The minimum absolute atomic E-state index is 0.0140. The third-order valence-corrected chi connectivity index (χ3v) is 13.0. The molecule has 63 heavy (non-hydrogen) atoms. The van der Waals surface area contributed by atoms with Gasteiger partial charge in [0.25, 0.3) is 5.91 Å². The number of nitrogens with zero attached hydrogens (tertiary/aromatic N) is 4. The molecule has 4 N–H and O–H groups in total. The Kier molecular flexibility index (Phi) is 19.9. The van der Waals surface area contributed by atoms with Gasteiger partial charge in [0.1, 0.15) is 24.2 Å². The normalized spacial score (nSPS) is 19.8. The second-order valence-electron chi connectivity index (χ2n) is 19.3. The molecule has 7 amide bonds. The van der Waals surface area contributed by atoms with Crippen molar-refractivity contribution < 1.29 is 33.6 Å². The third kappa shape index (κ3) is 14.2. The van der Waals surface area contributed by atoms with E-state index in [-0.39, 0.29) is 65.6 Å². The lowest BCUT2D eigenvalue weighted by molar-refractivity contribution is -0.153. The van der Waals surface area contributed by atoms with E-state index in [1.54, 1.807) is 41.1 Å². The van der Waals surface area contributed by atoms with E-state index in [0.29, 0.717) is 76.2 Å². The maximum absolute atomic E-state index is 14.4. The van der Waals surface area contributed by atoms with Gasteiger partial charge in [-0.3, -0.25) is 38.5 Å². The topological polar surface area (TPSA) is 181 Å². The van der Waals surface area contributed by atoms with E-state index in [2.05, 4.69) is 21.3 Å². The summed E-state index contributed by atoms with van der Waals surface area (Å²) < 4.78 is 0. The summed E-state index contributed by atoms with van der Waals surface area (Å²) in [5.74, 6) is -2.09. The first kappa shape index (κ1) is 51.1. The molecule has 2 aliphatic heterocycles. The monoisotopic (exact) mass is 879 g/mol. The van der Waals surface area contributed by atoms with Crippen molar-refractivity contribution in [2.75, 3.05) is 40.8 Å². The number of unbranched alkanes of at least 4 members (excludes halogenated alkanes) is 1. The van der Waals surface area contributed by atoms with Crippen LogP contribution in [0.25, 0.3) is 0 Å². The SMILES string of the molecule is CC(C)C(NC(=O)C(C(C)C)N(C)C)C(=O)N(C)C(C(=O)N1CCCC1C(=O)N1CCCC1C(=O)NCc1ccc(C(=O)NCCCCC(=O)NC2CCCCCC2)cc1)C(C)C. The highest BCUT2D eigenvalue weighted by Gasteiger charge is 2.46. The van der Waals surface area contributed by atoms with E-state index in [1.807, 2.05) is 60.5 Å². The molecule has 5 unspecified atom stereocenters. The number of nitrogens with one attached hydrogen (secondary N) is 4. The number of hydrogen-bond donors (Lipinski definition) is 4. The van der Waals surface area contributed by atoms with E-state index < -0.39 is 30.2 Å². The van der Waals surface area contributed by atoms with Crippen LogP contribution < -0.4 is 21.3 Å². The molecule has 3 aliphatic rings. The zero-order chi connectivity index (χ0) is 46.4. The quantitative estimate of drug-likeness (QED) is 0.111. The van der Waals surface area contributed by atoms with Crippen LogP contribution in [0.1, 0.15) is 141 Å². The lowest BCUT2D eigenvalue weighted by Crippen LogP contribution is -2.61. The first-order valence-electron chi connectivity index (χ1n) is 23.7. The molecule has 15 nitrogen and oxygen atoms in total. The highest BCUT2D eigenvalue weighted by atomic mass is 16.2. The number of rotatable bonds is 20. The average molecular weight is 879 g/mol. The molecule has 3 fully saturated rings. The summed E-state index contributed by atoms with van der Waals surface area (Å²) >= 11 is 0. The fourth-order valence-corrected chi connectivity index (χ4v) is 9.61. The molecule has 0 radical (unpaired) electrons. The number of likely N-dealkylation sites (tertiary alicyclic amines) is 2.